The zero-order valence-corrected chi connectivity index (χ0v) is 6.73. The number of hydrogen-bond donors (Lipinski definition) is 1. The highest BCUT2D eigenvalue weighted by Crippen LogP contribution is 2.25. The Labute approximate surface area is 75.0 Å². The third kappa shape index (κ3) is 1.38. The largest absolute Gasteiger partial charge is 0.406 e. The molecule has 4 nitrogen and oxygen atoms in total. The van der Waals surface area contributed by atoms with Crippen molar-refractivity contribution in [3.63, 3.8) is 0 Å². The van der Waals surface area contributed by atoms with Crippen molar-refractivity contribution >= 4 is 11.8 Å². The molecule has 0 saturated carbocycles. The molecule has 0 spiro atoms. The van der Waals surface area contributed by atoms with Gasteiger partial charge in [0.1, 0.15) is 0 Å². The fourth-order valence-corrected chi connectivity index (χ4v) is 1.21. The smallest absolute Gasteiger partial charge is 0.309 e. The van der Waals surface area contributed by atoms with Gasteiger partial charge >= 0.3 is 6.17 Å². The number of nitrogens with one attached hydrogen (secondary N) is 1. The summed E-state index contributed by atoms with van der Waals surface area (Å²) in [6.45, 7) is 0. The predicted octanol–water partition coefficient (Wildman–Crippen LogP) is 1.89. The fraction of sp³-hybridized carbons (Fsp3) is 0. The van der Waals surface area contributed by atoms with Gasteiger partial charge in [-0.05, 0) is 17.7 Å². The van der Waals surface area contributed by atoms with Crippen LogP contribution in [0.5, 0.6) is 0 Å². The minimum absolute atomic E-state index is 0.0127. The lowest BCUT2D eigenvalue weighted by Crippen LogP contribution is -2.19. The summed E-state index contributed by atoms with van der Waals surface area (Å²) in [5.74, 6) is 0. The number of para-hydroxylation sites is 1. The Balaban J connectivity index is 2.34. The Morgan fingerprint density at radius 2 is 2.00 bits per heavy atom. The van der Waals surface area contributed by atoms with Crippen LogP contribution in [0.15, 0.2) is 30.3 Å². The van der Waals surface area contributed by atoms with Gasteiger partial charge in [0.05, 0.1) is 4.92 Å². The Morgan fingerprint density at radius 3 is 2.77 bits per heavy atom. The molecule has 1 aliphatic rings. The van der Waals surface area contributed by atoms with Crippen LogP contribution < -0.4 is 5.32 Å². The maximum atomic E-state index is 10.4. The quantitative estimate of drug-likeness (QED) is 0.523. The molecule has 0 amide bonds. The molecule has 0 fully saturated rings. The van der Waals surface area contributed by atoms with Crippen LogP contribution in [0, 0.1) is 16.3 Å². The van der Waals surface area contributed by atoms with Gasteiger partial charge in [0, 0.05) is 11.8 Å². The number of nitrogens with zero attached hydrogens (tertiary/aromatic N) is 1. The van der Waals surface area contributed by atoms with E-state index in [0.717, 1.165) is 11.3 Å². The molecule has 1 aliphatic heterocycles. The average molecular weight is 175 g/mol. The molecule has 1 aromatic carbocycles. The highest BCUT2D eigenvalue weighted by molar-refractivity contribution is 5.72. The van der Waals surface area contributed by atoms with Crippen molar-refractivity contribution in [1.29, 1.82) is 0 Å². The van der Waals surface area contributed by atoms with E-state index >= 15 is 0 Å². The van der Waals surface area contributed by atoms with Crippen LogP contribution in [0.4, 0.5) is 5.69 Å². The summed E-state index contributed by atoms with van der Waals surface area (Å²) in [7, 11) is 0. The molecule has 0 aliphatic carbocycles. The van der Waals surface area contributed by atoms with Crippen molar-refractivity contribution in [3.8, 4) is 0 Å². The zero-order valence-electron chi connectivity index (χ0n) is 6.73. The molecular weight excluding hydrogens is 168 g/mol. The predicted molar refractivity (Wildman–Crippen MR) is 49.3 cm³/mol. The first-order valence-electron chi connectivity index (χ1n) is 3.83. The van der Waals surface area contributed by atoms with Gasteiger partial charge in [-0.15, -0.1) is 0 Å². The van der Waals surface area contributed by atoms with Crippen molar-refractivity contribution in [2.45, 2.75) is 0 Å². The number of anilines is 1. The van der Waals surface area contributed by atoms with Gasteiger partial charge in [-0.25, -0.2) is 0 Å². The Hall–Kier alpha value is -1.84. The molecular formula is C9H7N2O2. The molecule has 65 valence electrons. The van der Waals surface area contributed by atoms with Crippen LogP contribution in [0.1, 0.15) is 5.56 Å². The molecule has 0 unspecified atom stereocenters. The third-order valence-electron chi connectivity index (χ3n) is 1.84. The standard InChI is InChI=1S/C9H7N2O2/c12-11(13)9-6-5-7-3-1-2-4-8(7)10-9/h1-6,10H. The van der Waals surface area contributed by atoms with Gasteiger partial charge in [0.15, 0.2) is 0 Å². The summed E-state index contributed by atoms with van der Waals surface area (Å²) in [6.07, 6.45) is 3.20. The second kappa shape index (κ2) is 2.90. The van der Waals surface area contributed by atoms with Crippen LogP contribution >= 0.6 is 0 Å². The summed E-state index contributed by atoms with van der Waals surface area (Å²) in [5.41, 5.74) is 1.74. The van der Waals surface area contributed by atoms with Crippen molar-refractivity contribution in [2.24, 2.45) is 0 Å². The van der Waals surface area contributed by atoms with E-state index in [4.69, 9.17) is 0 Å². The van der Waals surface area contributed by atoms with Crippen LogP contribution in [0.3, 0.4) is 0 Å². The summed E-state index contributed by atoms with van der Waals surface area (Å²) < 4.78 is 0. The first-order chi connectivity index (χ1) is 6.27. The Bertz CT molecular complexity index is 374. The monoisotopic (exact) mass is 175 g/mol. The van der Waals surface area contributed by atoms with Gasteiger partial charge in [-0.3, -0.25) is 10.1 Å². The van der Waals surface area contributed by atoms with E-state index in [1.165, 1.54) is 6.08 Å². The van der Waals surface area contributed by atoms with E-state index in [1.807, 2.05) is 24.3 Å². The normalized spacial score (nSPS) is 14.8. The molecule has 0 saturated heterocycles. The Morgan fingerprint density at radius 1 is 1.23 bits per heavy atom. The summed E-state index contributed by atoms with van der Waals surface area (Å²) in [4.78, 5) is 9.98. The molecule has 0 bridgehead atoms. The zero-order chi connectivity index (χ0) is 9.26. The lowest BCUT2D eigenvalue weighted by atomic mass is 10.1. The number of rotatable bonds is 1. The van der Waals surface area contributed by atoms with Crippen LogP contribution in [-0.2, 0) is 0 Å². The van der Waals surface area contributed by atoms with Crippen molar-refractivity contribution in [3.05, 3.63) is 52.2 Å². The SMILES string of the molecule is O=[N+]([O-])[C]1C=Cc2ccccc2N1. The van der Waals surface area contributed by atoms with E-state index in [0.29, 0.717) is 0 Å². The first-order valence-corrected chi connectivity index (χ1v) is 3.83. The van der Waals surface area contributed by atoms with Gasteiger partial charge in [-0.2, -0.15) is 0 Å². The number of benzene rings is 1. The second-order valence-corrected chi connectivity index (χ2v) is 2.69. The van der Waals surface area contributed by atoms with E-state index in [2.05, 4.69) is 5.32 Å². The first kappa shape index (κ1) is 7.79. The van der Waals surface area contributed by atoms with E-state index in [1.54, 1.807) is 6.08 Å². The third-order valence-corrected chi connectivity index (χ3v) is 1.84. The number of fused-ring (bicyclic) bond motifs is 1. The van der Waals surface area contributed by atoms with E-state index < -0.39 is 4.92 Å². The van der Waals surface area contributed by atoms with E-state index in [9.17, 15) is 10.1 Å². The molecule has 2 rings (SSSR count). The molecule has 0 aromatic heterocycles. The van der Waals surface area contributed by atoms with Crippen LogP contribution in [-0.4, -0.2) is 4.92 Å². The molecule has 1 heterocycles. The molecule has 1 radical (unpaired) electrons. The second-order valence-electron chi connectivity index (χ2n) is 2.69. The average Bonchev–Trinajstić information content (AvgIpc) is 2.17. The van der Waals surface area contributed by atoms with Crippen molar-refractivity contribution in [1.82, 2.24) is 0 Å². The van der Waals surface area contributed by atoms with Gasteiger partial charge in [0.25, 0.3) is 0 Å². The lowest BCUT2D eigenvalue weighted by Gasteiger charge is -2.13. The molecule has 0 atom stereocenters. The molecule has 13 heavy (non-hydrogen) atoms. The van der Waals surface area contributed by atoms with Gasteiger partial charge in [0.2, 0.25) is 0 Å². The lowest BCUT2D eigenvalue weighted by molar-refractivity contribution is -0.452. The Kier molecular flexibility index (Phi) is 1.73. The van der Waals surface area contributed by atoms with Crippen molar-refractivity contribution < 1.29 is 4.92 Å². The number of nitro groups is 1. The van der Waals surface area contributed by atoms with Crippen LogP contribution in [0.2, 0.25) is 0 Å². The van der Waals surface area contributed by atoms with Gasteiger partial charge in [-0.1, -0.05) is 18.2 Å². The maximum absolute atomic E-state index is 10.4. The fourth-order valence-electron chi connectivity index (χ4n) is 1.21. The minimum Gasteiger partial charge on any atom is -0.309 e. The molecule has 4 heteroatoms. The van der Waals surface area contributed by atoms with Crippen molar-refractivity contribution in [2.75, 3.05) is 5.32 Å². The minimum atomic E-state index is -0.438. The highest BCUT2D eigenvalue weighted by atomic mass is 16.6. The van der Waals surface area contributed by atoms with Gasteiger partial charge < -0.3 is 5.32 Å². The highest BCUT2D eigenvalue weighted by Gasteiger charge is 2.23. The molecule has 1 N–H and O–H groups in total. The topological polar surface area (TPSA) is 55.2 Å². The van der Waals surface area contributed by atoms with E-state index in [-0.39, 0.29) is 6.17 Å². The number of hydrogen-bond acceptors (Lipinski definition) is 3. The summed E-state index contributed by atoms with van der Waals surface area (Å²) >= 11 is 0. The summed E-state index contributed by atoms with van der Waals surface area (Å²) in [5, 5.41) is 13.1. The maximum Gasteiger partial charge on any atom is 0.406 e. The molecule has 1 aromatic rings. The summed E-state index contributed by atoms with van der Waals surface area (Å²) in [6, 6.07) is 7.43. The van der Waals surface area contributed by atoms with Crippen LogP contribution in [0.25, 0.3) is 6.08 Å².